The van der Waals surface area contributed by atoms with E-state index in [2.05, 4.69) is 10.3 Å². The fourth-order valence-corrected chi connectivity index (χ4v) is 5.51. The normalized spacial score (nSPS) is 18.5. The summed E-state index contributed by atoms with van der Waals surface area (Å²) in [6.45, 7) is 2.02. The monoisotopic (exact) mass is 560 g/mol. The summed E-state index contributed by atoms with van der Waals surface area (Å²) >= 11 is 7.35. The van der Waals surface area contributed by atoms with Crippen LogP contribution in [0.5, 0.6) is 0 Å². The molecule has 198 valence electrons. The van der Waals surface area contributed by atoms with E-state index in [1.54, 1.807) is 36.2 Å². The van der Waals surface area contributed by atoms with Crippen molar-refractivity contribution < 1.29 is 19.1 Å². The summed E-state index contributed by atoms with van der Waals surface area (Å²) in [6, 6.07) is 23.7. The summed E-state index contributed by atoms with van der Waals surface area (Å²) in [5.74, 6) is -1.13. The molecule has 3 aromatic rings. The van der Waals surface area contributed by atoms with Crippen molar-refractivity contribution in [1.29, 1.82) is 0 Å². The molecule has 39 heavy (non-hydrogen) atoms. The van der Waals surface area contributed by atoms with Gasteiger partial charge < -0.3 is 10.1 Å². The Balaban J connectivity index is 1.28. The number of rotatable bonds is 7. The number of nitrogens with one attached hydrogen (secondary N) is 1. The van der Waals surface area contributed by atoms with Gasteiger partial charge in [-0.3, -0.25) is 9.59 Å². The van der Waals surface area contributed by atoms with E-state index >= 15 is 0 Å². The molecule has 8 nitrogen and oxygen atoms in total. The van der Waals surface area contributed by atoms with Gasteiger partial charge in [0.1, 0.15) is 5.25 Å². The third kappa shape index (κ3) is 6.21. The van der Waals surface area contributed by atoms with E-state index in [4.69, 9.17) is 21.4 Å². The fourth-order valence-electron chi connectivity index (χ4n) is 4.33. The Labute approximate surface area is 235 Å². The molecular formula is C29H25ClN4O4S. The SMILES string of the molecule is CCOC(=O)c1ccc(NC(=O)C[C@H]2SC(N3N=C(c4ccccc4)C[C@@H]3c3ccc(Cl)cc3)=NC2=O)cc1. The summed E-state index contributed by atoms with van der Waals surface area (Å²) in [4.78, 5) is 41.7. The Morgan fingerprint density at radius 3 is 2.46 bits per heavy atom. The van der Waals surface area contributed by atoms with Gasteiger partial charge in [-0.15, -0.1) is 0 Å². The number of carbonyl (C=O) groups excluding carboxylic acids is 3. The summed E-state index contributed by atoms with van der Waals surface area (Å²) in [5, 5.41) is 9.83. The van der Waals surface area contributed by atoms with Gasteiger partial charge in [0, 0.05) is 23.6 Å². The van der Waals surface area contributed by atoms with E-state index in [0.717, 1.165) is 16.8 Å². The lowest BCUT2D eigenvalue weighted by atomic mass is 9.99. The van der Waals surface area contributed by atoms with Crippen molar-refractivity contribution >= 4 is 57.7 Å². The highest BCUT2D eigenvalue weighted by atomic mass is 35.5. The Bertz CT molecular complexity index is 1440. The number of ether oxygens (including phenoxy) is 1. The zero-order chi connectivity index (χ0) is 27.4. The first-order valence-electron chi connectivity index (χ1n) is 12.4. The lowest BCUT2D eigenvalue weighted by Gasteiger charge is -2.23. The standard InChI is InChI=1S/C29H25ClN4O4S/c1-2-38-28(37)20-10-14-22(15-11-20)31-26(35)17-25-27(36)32-29(39-25)34-24(19-8-12-21(30)13-9-19)16-23(33-34)18-6-4-3-5-7-18/h3-15,24-25H,2,16-17H2,1H3,(H,31,35)/t24-,25-/m1/s1. The fraction of sp³-hybridized carbons (Fsp3) is 0.207. The van der Waals surface area contributed by atoms with Crippen molar-refractivity contribution in [1.82, 2.24) is 5.01 Å². The molecule has 0 saturated heterocycles. The Morgan fingerprint density at radius 1 is 1.05 bits per heavy atom. The molecule has 3 aromatic carbocycles. The maximum absolute atomic E-state index is 12.8. The highest BCUT2D eigenvalue weighted by Gasteiger charge is 2.39. The quantitative estimate of drug-likeness (QED) is 0.372. The number of halogens is 1. The maximum Gasteiger partial charge on any atom is 0.338 e. The van der Waals surface area contributed by atoms with Gasteiger partial charge in [-0.05, 0) is 54.4 Å². The average molecular weight is 561 g/mol. The van der Waals surface area contributed by atoms with Crippen LogP contribution in [0, 0.1) is 0 Å². The molecule has 0 aliphatic carbocycles. The molecule has 1 N–H and O–H groups in total. The highest BCUT2D eigenvalue weighted by molar-refractivity contribution is 8.15. The van der Waals surface area contributed by atoms with Gasteiger partial charge in [0.25, 0.3) is 5.91 Å². The molecule has 0 saturated carbocycles. The van der Waals surface area contributed by atoms with Crippen LogP contribution in [0.15, 0.2) is 89.0 Å². The second kappa shape index (κ2) is 11.8. The third-order valence-electron chi connectivity index (χ3n) is 6.25. The Hall–Kier alpha value is -3.95. The van der Waals surface area contributed by atoms with Crippen LogP contribution >= 0.6 is 23.4 Å². The molecule has 0 radical (unpaired) electrons. The third-order valence-corrected chi connectivity index (χ3v) is 7.64. The molecule has 0 aromatic heterocycles. The second-order valence-electron chi connectivity index (χ2n) is 8.92. The molecule has 2 heterocycles. The molecule has 2 aliphatic heterocycles. The summed E-state index contributed by atoms with van der Waals surface area (Å²) in [5.41, 5.74) is 3.80. The zero-order valence-electron chi connectivity index (χ0n) is 21.0. The number of anilines is 1. The van der Waals surface area contributed by atoms with Crippen molar-refractivity contribution in [3.8, 4) is 0 Å². The number of benzene rings is 3. The number of amidine groups is 1. The first-order chi connectivity index (χ1) is 18.9. The summed E-state index contributed by atoms with van der Waals surface area (Å²) in [6.07, 6.45) is 0.581. The number of hydrogen-bond donors (Lipinski definition) is 1. The number of thioether (sulfide) groups is 1. The van der Waals surface area contributed by atoms with Crippen LogP contribution in [0.2, 0.25) is 5.02 Å². The summed E-state index contributed by atoms with van der Waals surface area (Å²) < 4.78 is 4.98. The number of carbonyl (C=O) groups is 3. The van der Waals surface area contributed by atoms with Gasteiger partial charge in [0.05, 0.1) is 23.9 Å². The first-order valence-corrected chi connectivity index (χ1v) is 13.7. The van der Waals surface area contributed by atoms with Crippen LogP contribution in [0.25, 0.3) is 0 Å². The zero-order valence-corrected chi connectivity index (χ0v) is 22.6. The number of hydrazone groups is 1. The van der Waals surface area contributed by atoms with E-state index < -0.39 is 11.2 Å². The van der Waals surface area contributed by atoms with Gasteiger partial charge in [-0.1, -0.05) is 65.8 Å². The Morgan fingerprint density at radius 2 is 1.77 bits per heavy atom. The van der Waals surface area contributed by atoms with Crippen molar-refractivity contribution in [3.05, 3.63) is 101 Å². The molecule has 0 unspecified atom stereocenters. The minimum atomic E-state index is -0.666. The number of esters is 1. The lowest BCUT2D eigenvalue weighted by molar-refractivity contribution is -0.121. The van der Waals surface area contributed by atoms with Crippen LogP contribution in [-0.2, 0) is 14.3 Å². The van der Waals surface area contributed by atoms with Crippen molar-refractivity contribution in [2.45, 2.75) is 31.1 Å². The van der Waals surface area contributed by atoms with Crippen LogP contribution < -0.4 is 5.32 Å². The molecule has 0 spiro atoms. The molecule has 2 atom stereocenters. The van der Waals surface area contributed by atoms with E-state index in [-0.39, 0.29) is 30.9 Å². The smallest absolute Gasteiger partial charge is 0.338 e. The van der Waals surface area contributed by atoms with E-state index in [0.29, 0.717) is 27.9 Å². The summed E-state index contributed by atoms with van der Waals surface area (Å²) in [7, 11) is 0. The number of aliphatic imine (C=N–C) groups is 1. The van der Waals surface area contributed by atoms with E-state index in [9.17, 15) is 14.4 Å². The molecule has 2 amide bonds. The van der Waals surface area contributed by atoms with Crippen LogP contribution in [0.3, 0.4) is 0 Å². The molecule has 5 rings (SSSR count). The largest absolute Gasteiger partial charge is 0.462 e. The number of nitrogens with zero attached hydrogens (tertiary/aromatic N) is 3. The minimum absolute atomic E-state index is 0.0508. The lowest BCUT2D eigenvalue weighted by Crippen LogP contribution is -2.25. The maximum atomic E-state index is 12.8. The van der Waals surface area contributed by atoms with Gasteiger partial charge in [-0.2, -0.15) is 10.1 Å². The van der Waals surface area contributed by atoms with Crippen molar-refractivity contribution in [2.24, 2.45) is 10.1 Å². The van der Waals surface area contributed by atoms with Gasteiger partial charge in [0.15, 0.2) is 5.17 Å². The first kappa shape index (κ1) is 26.6. The number of hydrogen-bond acceptors (Lipinski definition) is 7. The molecule has 0 fully saturated rings. The predicted molar refractivity (Wildman–Crippen MR) is 153 cm³/mol. The average Bonchev–Trinajstić information content (AvgIpc) is 3.54. The van der Waals surface area contributed by atoms with Crippen LogP contribution in [0.4, 0.5) is 5.69 Å². The minimum Gasteiger partial charge on any atom is -0.462 e. The van der Waals surface area contributed by atoms with Crippen molar-refractivity contribution in [2.75, 3.05) is 11.9 Å². The molecule has 0 bridgehead atoms. The van der Waals surface area contributed by atoms with Crippen LogP contribution in [-0.4, -0.2) is 45.5 Å². The van der Waals surface area contributed by atoms with Crippen LogP contribution in [0.1, 0.15) is 47.3 Å². The molecule has 2 aliphatic rings. The van der Waals surface area contributed by atoms with Crippen molar-refractivity contribution in [3.63, 3.8) is 0 Å². The molecule has 10 heteroatoms. The highest BCUT2D eigenvalue weighted by Crippen LogP contribution is 2.38. The molecular weight excluding hydrogens is 536 g/mol. The second-order valence-corrected chi connectivity index (χ2v) is 10.5. The van der Waals surface area contributed by atoms with E-state index in [1.165, 1.54) is 11.8 Å². The Kier molecular flexibility index (Phi) is 8.09. The van der Waals surface area contributed by atoms with E-state index in [1.807, 2.05) is 54.6 Å². The van der Waals surface area contributed by atoms with Gasteiger partial charge in [-0.25, -0.2) is 9.80 Å². The topological polar surface area (TPSA) is 100 Å². The van der Waals surface area contributed by atoms with Gasteiger partial charge >= 0.3 is 5.97 Å². The predicted octanol–water partition coefficient (Wildman–Crippen LogP) is 5.69. The van der Waals surface area contributed by atoms with Gasteiger partial charge in [0.2, 0.25) is 5.91 Å². The number of amides is 2.